The lowest BCUT2D eigenvalue weighted by Gasteiger charge is -2.15. The molecule has 174 valence electrons. The summed E-state index contributed by atoms with van der Waals surface area (Å²) in [5.41, 5.74) is 11.7. The lowest BCUT2D eigenvalue weighted by Crippen LogP contribution is -2.31. The third-order valence-electron chi connectivity index (χ3n) is 5.10. The summed E-state index contributed by atoms with van der Waals surface area (Å²) in [6.07, 6.45) is 6.02. The summed E-state index contributed by atoms with van der Waals surface area (Å²) in [6.45, 7) is 2.03. The van der Waals surface area contributed by atoms with E-state index in [-0.39, 0.29) is 24.4 Å². The molecule has 0 aliphatic carbocycles. The number of rotatable bonds is 8. The van der Waals surface area contributed by atoms with Gasteiger partial charge in [-0.05, 0) is 41.8 Å². The minimum absolute atomic E-state index is 0. The molecule has 4 N–H and O–H groups in total. The third-order valence-corrected chi connectivity index (χ3v) is 5.10. The van der Waals surface area contributed by atoms with Gasteiger partial charge in [0.2, 0.25) is 11.9 Å². The molecule has 34 heavy (non-hydrogen) atoms. The Balaban J connectivity index is 0.00000324. The van der Waals surface area contributed by atoms with Crippen LogP contribution in [-0.2, 0) is 11.2 Å². The number of nitrogens with zero attached hydrogens (tertiary/aromatic N) is 3. The number of hydrogen-bond acceptors (Lipinski definition) is 6. The molecule has 0 aliphatic rings. The van der Waals surface area contributed by atoms with Crippen molar-refractivity contribution in [1.82, 2.24) is 15.0 Å². The molecule has 2 aromatic carbocycles. The first-order valence-electron chi connectivity index (χ1n) is 10.8. The van der Waals surface area contributed by atoms with Gasteiger partial charge in [-0.25, -0.2) is 9.97 Å². The van der Waals surface area contributed by atoms with Gasteiger partial charge >= 0.3 is 0 Å². The predicted molar refractivity (Wildman–Crippen MR) is 139 cm³/mol. The highest BCUT2D eigenvalue weighted by Crippen LogP contribution is 2.31. The Morgan fingerprint density at radius 2 is 1.76 bits per heavy atom. The molecule has 8 heteroatoms. The predicted octanol–water partition coefficient (Wildman–Crippen LogP) is 4.57. The second kappa shape index (κ2) is 11.9. The molecular weight excluding hydrogens is 448 g/mol. The van der Waals surface area contributed by atoms with Crippen molar-refractivity contribution in [2.45, 2.75) is 19.4 Å². The number of nitrogens with two attached hydrogens (primary N) is 1. The number of nitrogens with one attached hydrogen (secondary N) is 2. The van der Waals surface area contributed by atoms with Gasteiger partial charge in [0.1, 0.15) is 0 Å². The number of amides is 1. The molecule has 2 heterocycles. The van der Waals surface area contributed by atoms with Crippen LogP contribution in [0.25, 0.3) is 22.4 Å². The van der Waals surface area contributed by atoms with Crippen LogP contribution in [0.2, 0.25) is 0 Å². The van der Waals surface area contributed by atoms with Crippen molar-refractivity contribution < 1.29 is 4.79 Å². The van der Waals surface area contributed by atoms with E-state index in [1.54, 1.807) is 18.6 Å². The Morgan fingerprint density at radius 1 is 1.00 bits per heavy atom. The average Bonchev–Trinajstić information content (AvgIpc) is 2.83. The van der Waals surface area contributed by atoms with E-state index >= 15 is 0 Å². The van der Waals surface area contributed by atoms with Gasteiger partial charge in [0, 0.05) is 54.9 Å². The summed E-state index contributed by atoms with van der Waals surface area (Å²) < 4.78 is 0. The van der Waals surface area contributed by atoms with Crippen molar-refractivity contribution in [2.24, 2.45) is 5.73 Å². The van der Waals surface area contributed by atoms with Crippen LogP contribution in [0.3, 0.4) is 0 Å². The minimum atomic E-state index is -0.121. The summed E-state index contributed by atoms with van der Waals surface area (Å²) in [4.78, 5) is 24.9. The fourth-order valence-corrected chi connectivity index (χ4v) is 3.59. The summed E-state index contributed by atoms with van der Waals surface area (Å²) in [5, 5.41) is 6.09. The highest BCUT2D eigenvalue weighted by molar-refractivity contribution is 5.90. The van der Waals surface area contributed by atoms with Gasteiger partial charge in [-0.15, -0.1) is 12.4 Å². The number of anilines is 2. The molecule has 0 bridgehead atoms. The fourth-order valence-electron chi connectivity index (χ4n) is 3.59. The summed E-state index contributed by atoms with van der Waals surface area (Å²) in [7, 11) is 0. The molecule has 0 radical (unpaired) electrons. The Bertz CT molecular complexity index is 1220. The lowest BCUT2D eigenvalue weighted by molar-refractivity contribution is -0.114. The Hall–Kier alpha value is -3.81. The maximum absolute atomic E-state index is 11.5. The molecule has 7 nitrogen and oxygen atoms in total. The Labute approximate surface area is 205 Å². The van der Waals surface area contributed by atoms with E-state index in [2.05, 4.69) is 32.7 Å². The topological polar surface area (TPSA) is 106 Å². The van der Waals surface area contributed by atoms with Crippen LogP contribution >= 0.6 is 12.4 Å². The minimum Gasteiger partial charge on any atom is -0.353 e. The van der Waals surface area contributed by atoms with Crippen molar-refractivity contribution in [3.63, 3.8) is 0 Å². The molecule has 4 rings (SSSR count). The van der Waals surface area contributed by atoms with E-state index in [4.69, 9.17) is 10.7 Å². The van der Waals surface area contributed by atoms with Gasteiger partial charge in [0.15, 0.2) is 0 Å². The van der Waals surface area contributed by atoms with Crippen molar-refractivity contribution in [3.05, 3.63) is 90.9 Å². The highest BCUT2D eigenvalue weighted by Gasteiger charge is 2.13. The van der Waals surface area contributed by atoms with E-state index in [1.165, 1.54) is 12.5 Å². The van der Waals surface area contributed by atoms with Gasteiger partial charge in [0.05, 0.1) is 5.69 Å². The number of hydrogen-bond donors (Lipinski definition) is 3. The zero-order valence-corrected chi connectivity index (χ0v) is 19.6. The van der Waals surface area contributed by atoms with Gasteiger partial charge in [0.25, 0.3) is 0 Å². The van der Waals surface area contributed by atoms with Crippen LogP contribution < -0.4 is 16.4 Å². The molecule has 0 fully saturated rings. The van der Waals surface area contributed by atoms with Crippen molar-refractivity contribution >= 4 is 29.9 Å². The van der Waals surface area contributed by atoms with Crippen LogP contribution in [0.4, 0.5) is 11.6 Å². The zero-order chi connectivity index (χ0) is 23.0. The Morgan fingerprint density at radius 3 is 2.50 bits per heavy atom. The van der Waals surface area contributed by atoms with Crippen LogP contribution in [0.15, 0.2) is 85.3 Å². The number of pyridine rings is 1. The van der Waals surface area contributed by atoms with E-state index in [0.29, 0.717) is 12.5 Å². The monoisotopic (exact) mass is 474 g/mol. The van der Waals surface area contributed by atoms with Gasteiger partial charge in [-0.3, -0.25) is 9.78 Å². The maximum atomic E-state index is 11.5. The highest BCUT2D eigenvalue weighted by atomic mass is 35.5. The SMILES string of the molecule is CC(=O)Nc1cccc(-c2cnc(NCC(N)Cc3ccccc3)nc2-c2ccncc2)c1.Cl. The standard InChI is InChI=1S/C26H26N6O.ClH/c1-18(33)31-23-9-5-8-21(15-23)24-17-30-26(32-25(24)20-10-12-28-13-11-20)29-16-22(27)14-19-6-3-2-4-7-19;/h2-13,15,17,22H,14,16,27H2,1H3,(H,31,33)(H,29,30,32);1H. The first-order chi connectivity index (χ1) is 16.1. The normalized spacial score (nSPS) is 11.2. The number of halogens is 1. The van der Waals surface area contributed by atoms with Crippen LogP contribution in [-0.4, -0.2) is 33.4 Å². The van der Waals surface area contributed by atoms with Crippen molar-refractivity contribution in [2.75, 3.05) is 17.2 Å². The quantitative estimate of drug-likeness (QED) is 0.345. The third kappa shape index (κ3) is 6.60. The van der Waals surface area contributed by atoms with E-state index < -0.39 is 0 Å². The molecule has 2 aromatic heterocycles. The number of aromatic nitrogens is 3. The number of carbonyl (C=O) groups excluding carboxylic acids is 1. The van der Waals surface area contributed by atoms with Crippen LogP contribution in [0.5, 0.6) is 0 Å². The fraction of sp³-hybridized carbons (Fsp3) is 0.154. The van der Waals surface area contributed by atoms with Crippen LogP contribution in [0.1, 0.15) is 12.5 Å². The lowest BCUT2D eigenvalue weighted by atomic mass is 10.0. The molecule has 1 amide bonds. The summed E-state index contributed by atoms with van der Waals surface area (Å²) in [6, 6.07) is 21.5. The molecule has 0 saturated heterocycles. The first kappa shape index (κ1) is 24.8. The maximum Gasteiger partial charge on any atom is 0.223 e. The Kier molecular flexibility index (Phi) is 8.67. The smallest absolute Gasteiger partial charge is 0.223 e. The van der Waals surface area contributed by atoms with E-state index in [9.17, 15) is 4.79 Å². The van der Waals surface area contributed by atoms with Gasteiger partial charge in [-0.1, -0.05) is 42.5 Å². The second-order valence-corrected chi connectivity index (χ2v) is 7.78. The van der Waals surface area contributed by atoms with Crippen molar-refractivity contribution in [1.29, 1.82) is 0 Å². The molecule has 4 aromatic rings. The van der Waals surface area contributed by atoms with E-state index in [1.807, 2.05) is 54.6 Å². The number of carbonyl (C=O) groups is 1. The molecular formula is C26H27ClN6O. The molecule has 0 saturated carbocycles. The zero-order valence-electron chi connectivity index (χ0n) is 18.8. The molecule has 0 aliphatic heterocycles. The molecule has 1 unspecified atom stereocenters. The first-order valence-corrected chi connectivity index (χ1v) is 10.8. The van der Waals surface area contributed by atoms with Crippen LogP contribution in [0, 0.1) is 0 Å². The second-order valence-electron chi connectivity index (χ2n) is 7.78. The summed E-state index contributed by atoms with van der Waals surface area (Å²) >= 11 is 0. The average molecular weight is 475 g/mol. The molecule has 0 spiro atoms. The molecule has 1 atom stereocenters. The van der Waals surface area contributed by atoms with Gasteiger partial charge < -0.3 is 16.4 Å². The number of benzene rings is 2. The largest absolute Gasteiger partial charge is 0.353 e. The van der Waals surface area contributed by atoms with Gasteiger partial charge in [-0.2, -0.15) is 0 Å². The summed E-state index contributed by atoms with van der Waals surface area (Å²) in [5.74, 6) is 0.385. The van der Waals surface area contributed by atoms with E-state index in [0.717, 1.165) is 34.5 Å². The van der Waals surface area contributed by atoms with Crippen molar-refractivity contribution in [3.8, 4) is 22.4 Å².